The normalized spacial score (nSPS) is 17.0. The first-order valence-corrected chi connectivity index (χ1v) is 7.76. The average molecular weight is 312 g/mol. The summed E-state index contributed by atoms with van der Waals surface area (Å²) in [5.41, 5.74) is 2.41. The standard InChI is InChI=1S/C17H20N4O2/c1-12-4-2-5-13(10-12)11-18-15-7-8-16(21-20-15)19-17(22)14-6-3-9-23-14/h2,4-5,7-8,10,14H,3,6,9,11H2,1H3,(H,18,20)(H,19,21,22). The fourth-order valence-electron chi connectivity index (χ4n) is 2.50. The molecule has 0 bridgehead atoms. The maximum absolute atomic E-state index is 11.9. The molecule has 1 aromatic carbocycles. The molecule has 2 aromatic rings. The highest BCUT2D eigenvalue weighted by Crippen LogP contribution is 2.14. The number of hydrogen-bond donors (Lipinski definition) is 2. The minimum absolute atomic E-state index is 0.155. The molecule has 2 N–H and O–H groups in total. The van der Waals surface area contributed by atoms with E-state index in [0.29, 0.717) is 24.8 Å². The quantitative estimate of drug-likeness (QED) is 0.887. The van der Waals surface area contributed by atoms with Gasteiger partial charge in [-0.1, -0.05) is 29.8 Å². The van der Waals surface area contributed by atoms with Crippen molar-refractivity contribution in [3.8, 4) is 0 Å². The van der Waals surface area contributed by atoms with Gasteiger partial charge >= 0.3 is 0 Å². The zero-order valence-corrected chi connectivity index (χ0v) is 13.1. The summed E-state index contributed by atoms with van der Waals surface area (Å²) in [6, 6.07) is 11.8. The molecule has 120 valence electrons. The molecule has 0 spiro atoms. The van der Waals surface area contributed by atoms with Crippen LogP contribution in [-0.4, -0.2) is 28.8 Å². The molecule has 1 aromatic heterocycles. The average Bonchev–Trinajstić information content (AvgIpc) is 3.09. The molecule has 0 aliphatic carbocycles. The van der Waals surface area contributed by atoms with Crippen LogP contribution in [0.15, 0.2) is 36.4 Å². The topological polar surface area (TPSA) is 76.1 Å². The molecule has 0 radical (unpaired) electrons. The predicted octanol–water partition coefficient (Wildman–Crippen LogP) is 2.51. The highest BCUT2D eigenvalue weighted by Gasteiger charge is 2.23. The molecular weight excluding hydrogens is 292 g/mol. The minimum Gasteiger partial charge on any atom is -0.368 e. The first-order valence-electron chi connectivity index (χ1n) is 7.76. The van der Waals surface area contributed by atoms with Crippen LogP contribution < -0.4 is 10.6 Å². The van der Waals surface area contributed by atoms with Crippen molar-refractivity contribution in [1.82, 2.24) is 10.2 Å². The Hall–Kier alpha value is -2.47. The van der Waals surface area contributed by atoms with Gasteiger partial charge in [0.1, 0.15) is 11.9 Å². The molecule has 1 aliphatic rings. The van der Waals surface area contributed by atoms with E-state index in [-0.39, 0.29) is 12.0 Å². The molecular formula is C17H20N4O2. The highest BCUT2D eigenvalue weighted by molar-refractivity contribution is 5.93. The Morgan fingerprint density at radius 3 is 2.78 bits per heavy atom. The Kier molecular flexibility index (Phi) is 4.83. The van der Waals surface area contributed by atoms with Crippen LogP contribution in [0.3, 0.4) is 0 Å². The second kappa shape index (κ2) is 7.19. The number of ether oxygens (including phenoxy) is 1. The summed E-state index contributed by atoms with van der Waals surface area (Å²) in [6.07, 6.45) is 1.32. The highest BCUT2D eigenvalue weighted by atomic mass is 16.5. The van der Waals surface area contributed by atoms with Crippen LogP contribution in [0.5, 0.6) is 0 Å². The molecule has 0 saturated carbocycles. The molecule has 2 heterocycles. The third-order valence-corrected chi connectivity index (χ3v) is 3.69. The van der Waals surface area contributed by atoms with Gasteiger partial charge in [0.05, 0.1) is 0 Å². The first kappa shape index (κ1) is 15.4. The number of aromatic nitrogens is 2. The predicted molar refractivity (Wildman–Crippen MR) is 88.1 cm³/mol. The van der Waals surface area contributed by atoms with Crippen LogP contribution in [0, 0.1) is 6.92 Å². The molecule has 6 heteroatoms. The van der Waals surface area contributed by atoms with Gasteiger partial charge in [-0.05, 0) is 37.5 Å². The van der Waals surface area contributed by atoms with E-state index in [0.717, 1.165) is 12.8 Å². The van der Waals surface area contributed by atoms with Crippen LogP contribution in [0.4, 0.5) is 11.6 Å². The minimum atomic E-state index is -0.365. The first-order chi connectivity index (χ1) is 11.2. The number of nitrogens with one attached hydrogen (secondary N) is 2. The molecule has 1 fully saturated rings. The second-order valence-corrected chi connectivity index (χ2v) is 5.64. The summed E-state index contributed by atoms with van der Waals surface area (Å²) in [5, 5.41) is 14.0. The largest absolute Gasteiger partial charge is 0.368 e. The summed E-state index contributed by atoms with van der Waals surface area (Å²) in [7, 11) is 0. The van der Waals surface area contributed by atoms with E-state index in [1.54, 1.807) is 12.1 Å². The summed E-state index contributed by atoms with van der Waals surface area (Å²) < 4.78 is 5.34. The number of amides is 1. The van der Waals surface area contributed by atoms with Crippen LogP contribution >= 0.6 is 0 Å². The lowest BCUT2D eigenvalue weighted by atomic mass is 10.1. The van der Waals surface area contributed by atoms with E-state index < -0.39 is 0 Å². The van der Waals surface area contributed by atoms with Crippen molar-refractivity contribution in [2.75, 3.05) is 17.2 Å². The summed E-state index contributed by atoms with van der Waals surface area (Å²) in [5.74, 6) is 0.950. The number of carbonyl (C=O) groups excluding carboxylic acids is 1. The molecule has 1 aliphatic heterocycles. The summed E-state index contributed by atoms with van der Waals surface area (Å²) in [4.78, 5) is 11.9. The van der Waals surface area contributed by atoms with Crippen molar-refractivity contribution in [3.05, 3.63) is 47.5 Å². The molecule has 1 amide bonds. The van der Waals surface area contributed by atoms with Gasteiger partial charge in [-0.25, -0.2) is 0 Å². The lowest BCUT2D eigenvalue weighted by molar-refractivity contribution is -0.124. The van der Waals surface area contributed by atoms with Crippen molar-refractivity contribution >= 4 is 17.5 Å². The maximum Gasteiger partial charge on any atom is 0.254 e. The SMILES string of the molecule is Cc1cccc(CNc2ccc(NC(=O)C3CCCO3)nn2)c1. The van der Waals surface area contributed by atoms with Crippen molar-refractivity contribution in [2.24, 2.45) is 0 Å². The van der Waals surface area contributed by atoms with Gasteiger partial charge in [-0.2, -0.15) is 0 Å². The van der Waals surface area contributed by atoms with Crippen LogP contribution in [0.25, 0.3) is 0 Å². The lowest BCUT2D eigenvalue weighted by Gasteiger charge is -2.10. The smallest absolute Gasteiger partial charge is 0.254 e. The van der Waals surface area contributed by atoms with Crippen molar-refractivity contribution < 1.29 is 9.53 Å². The number of carbonyl (C=O) groups is 1. The van der Waals surface area contributed by atoms with Crippen LogP contribution in [-0.2, 0) is 16.1 Å². The number of nitrogens with zero attached hydrogens (tertiary/aromatic N) is 2. The zero-order valence-electron chi connectivity index (χ0n) is 13.1. The van der Waals surface area contributed by atoms with Gasteiger partial charge < -0.3 is 15.4 Å². The number of hydrogen-bond acceptors (Lipinski definition) is 5. The third kappa shape index (κ3) is 4.26. The molecule has 3 rings (SSSR count). The van der Waals surface area contributed by atoms with Crippen molar-refractivity contribution in [3.63, 3.8) is 0 Å². The van der Waals surface area contributed by atoms with Gasteiger partial charge in [0, 0.05) is 13.2 Å². The van der Waals surface area contributed by atoms with E-state index in [1.165, 1.54) is 11.1 Å². The van der Waals surface area contributed by atoms with Crippen LogP contribution in [0.2, 0.25) is 0 Å². The maximum atomic E-state index is 11.9. The zero-order chi connectivity index (χ0) is 16.1. The monoisotopic (exact) mass is 312 g/mol. The van der Waals surface area contributed by atoms with Crippen LogP contribution in [0.1, 0.15) is 24.0 Å². The third-order valence-electron chi connectivity index (χ3n) is 3.69. The number of rotatable bonds is 5. The lowest BCUT2D eigenvalue weighted by Crippen LogP contribution is -2.27. The molecule has 1 atom stereocenters. The van der Waals surface area contributed by atoms with E-state index in [1.807, 2.05) is 6.07 Å². The van der Waals surface area contributed by atoms with E-state index in [2.05, 4.69) is 46.0 Å². The van der Waals surface area contributed by atoms with Gasteiger partial charge in [0.2, 0.25) is 0 Å². The van der Waals surface area contributed by atoms with Crippen molar-refractivity contribution in [1.29, 1.82) is 0 Å². The van der Waals surface area contributed by atoms with Gasteiger partial charge in [0.25, 0.3) is 5.91 Å². The second-order valence-electron chi connectivity index (χ2n) is 5.64. The summed E-state index contributed by atoms with van der Waals surface area (Å²) in [6.45, 7) is 3.39. The Labute approximate surface area is 135 Å². The summed E-state index contributed by atoms with van der Waals surface area (Å²) >= 11 is 0. The number of benzene rings is 1. The Morgan fingerprint density at radius 2 is 2.09 bits per heavy atom. The molecule has 23 heavy (non-hydrogen) atoms. The van der Waals surface area contributed by atoms with Crippen molar-refractivity contribution in [2.45, 2.75) is 32.4 Å². The Bertz CT molecular complexity index is 667. The Morgan fingerprint density at radius 1 is 1.26 bits per heavy atom. The number of aryl methyl sites for hydroxylation is 1. The fourth-order valence-corrected chi connectivity index (χ4v) is 2.50. The fraction of sp³-hybridized carbons (Fsp3) is 0.353. The van der Waals surface area contributed by atoms with Gasteiger partial charge in [-0.3, -0.25) is 4.79 Å². The van der Waals surface area contributed by atoms with Gasteiger partial charge in [0.15, 0.2) is 5.82 Å². The van der Waals surface area contributed by atoms with E-state index in [4.69, 9.17) is 4.74 Å². The molecule has 6 nitrogen and oxygen atoms in total. The molecule has 1 saturated heterocycles. The number of anilines is 2. The molecule has 1 unspecified atom stereocenters. The van der Waals surface area contributed by atoms with Gasteiger partial charge in [-0.15, -0.1) is 10.2 Å². The van der Waals surface area contributed by atoms with E-state index >= 15 is 0 Å². The van der Waals surface area contributed by atoms with E-state index in [9.17, 15) is 4.79 Å². The Balaban J connectivity index is 1.53.